The molecule has 0 fully saturated rings. The molecule has 0 spiro atoms. The number of para-hydroxylation sites is 1. The van der Waals surface area contributed by atoms with Crippen LogP contribution in [-0.2, 0) is 9.73 Å². The molecule has 0 aliphatic carbocycles. The predicted molar refractivity (Wildman–Crippen MR) is 71.7 cm³/mol. The fraction of sp³-hybridized carbons (Fsp3) is 0.154. The maximum atomic E-state index is 12.2. The second-order valence-electron chi connectivity index (χ2n) is 3.77. The number of aromatic nitrogens is 1. The van der Waals surface area contributed by atoms with Crippen molar-refractivity contribution in [2.75, 3.05) is 5.75 Å². The number of nitrogens with one attached hydrogen (secondary N) is 1. The normalized spacial score (nSPS) is 14.8. The van der Waals surface area contributed by atoms with Crippen LogP contribution in [0.1, 0.15) is 8.29 Å². The summed E-state index contributed by atoms with van der Waals surface area (Å²) in [5.41, 5.74) is 0.0700. The van der Waals surface area contributed by atoms with Crippen LogP contribution >= 0.6 is 0 Å². The quantitative estimate of drug-likeness (QED) is 0.924. The summed E-state index contributed by atoms with van der Waals surface area (Å²) in [6.07, 6.45) is 1.47. The number of benzene rings is 1. The van der Waals surface area contributed by atoms with Gasteiger partial charge in [0.2, 0.25) is 0 Å². The van der Waals surface area contributed by atoms with Crippen molar-refractivity contribution in [1.82, 2.24) is 4.57 Å². The van der Waals surface area contributed by atoms with Crippen LogP contribution in [0, 0.1) is 4.78 Å². The largest absolute Gasteiger partial charge is 0.283 e. The monoisotopic (exact) mass is 264 g/mol. The second-order valence-corrected chi connectivity index (χ2v) is 6.13. The van der Waals surface area contributed by atoms with Gasteiger partial charge >= 0.3 is 0 Å². The van der Waals surface area contributed by atoms with Gasteiger partial charge < -0.3 is 0 Å². The van der Waals surface area contributed by atoms with E-state index < -0.39 is 9.73 Å². The zero-order chi connectivity index (χ0) is 14.0. The number of hydrogen-bond donors (Lipinski definition) is 1. The fourth-order valence-corrected chi connectivity index (χ4v) is 2.78. The first-order valence-electron chi connectivity index (χ1n) is 6.01. The number of nitrogens with zero attached hydrogens (tertiary/aromatic N) is 1. The van der Waals surface area contributed by atoms with E-state index in [0.29, 0.717) is 10.6 Å². The van der Waals surface area contributed by atoms with Crippen molar-refractivity contribution in [3.05, 3.63) is 59.0 Å². The zero-order valence-corrected chi connectivity index (χ0v) is 10.7. The van der Waals surface area contributed by atoms with Gasteiger partial charge in [-0.1, -0.05) is 25.1 Å². The molecule has 2 rings (SSSR count). The van der Waals surface area contributed by atoms with Gasteiger partial charge in [-0.05, 0) is 18.2 Å². The van der Waals surface area contributed by atoms with E-state index in [1.54, 1.807) is 31.2 Å². The minimum absolute atomic E-state index is 0.126. The van der Waals surface area contributed by atoms with Crippen LogP contribution in [0.3, 0.4) is 0 Å². The molecule has 0 saturated carbocycles. The predicted octanol–water partition coefficient (Wildman–Crippen LogP) is 2.26. The second kappa shape index (κ2) is 4.78. The van der Waals surface area contributed by atoms with E-state index in [1.165, 1.54) is 22.9 Å². The molecule has 0 bridgehead atoms. The van der Waals surface area contributed by atoms with E-state index in [-0.39, 0.29) is 17.4 Å². The van der Waals surface area contributed by atoms with Crippen LogP contribution < -0.4 is 5.56 Å². The lowest BCUT2D eigenvalue weighted by molar-refractivity contribution is 0.674. The topological polar surface area (TPSA) is 62.9 Å². The molecule has 1 aromatic heterocycles. The Hall–Kier alpha value is -1.88. The minimum atomic E-state index is -2.91. The summed E-state index contributed by atoms with van der Waals surface area (Å²) in [5, 5.41) is 0. The number of hydrogen-bond acceptors (Lipinski definition) is 3. The molecule has 1 atom stereocenters. The first kappa shape index (κ1) is 11.2. The number of rotatable bonds is 3. The van der Waals surface area contributed by atoms with E-state index in [9.17, 15) is 9.00 Å². The summed E-state index contributed by atoms with van der Waals surface area (Å²) in [5.74, 6) is 0.190. The highest BCUT2D eigenvalue weighted by Crippen LogP contribution is 2.20. The Morgan fingerprint density at radius 1 is 1.33 bits per heavy atom. The summed E-state index contributed by atoms with van der Waals surface area (Å²) in [6.45, 7) is 1.68. The van der Waals surface area contributed by atoms with Crippen molar-refractivity contribution in [2.45, 2.75) is 11.8 Å². The van der Waals surface area contributed by atoms with Gasteiger partial charge in [0.05, 0.1) is 21.7 Å². The van der Waals surface area contributed by atoms with Crippen LogP contribution in [0.4, 0.5) is 0 Å². The highest BCUT2D eigenvalue weighted by molar-refractivity contribution is 7.92. The average Bonchev–Trinajstić information content (AvgIpc) is 2.39. The Bertz CT molecular complexity index is 766. The molecule has 94 valence electrons. The summed E-state index contributed by atoms with van der Waals surface area (Å²) in [6, 6.07) is 9.49. The van der Waals surface area contributed by atoms with Crippen LogP contribution in [-0.4, -0.2) is 14.5 Å². The molecule has 5 heteroatoms. The van der Waals surface area contributed by atoms with E-state index in [4.69, 9.17) is 6.15 Å². The van der Waals surface area contributed by atoms with Gasteiger partial charge in [-0.3, -0.25) is 9.36 Å². The van der Waals surface area contributed by atoms with Gasteiger partial charge in [-0.2, -0.15) is 0 Å². The first-order chi connectivity index (χ1) is 8.95. The summed E-state index contributed by atoms with van der Waals surface area (Å²) < 4.78 is 28.9. The molecule has 0 saturated heterocycles. The molecule has 4 nitrogen and oxygen atoms in total. The van der Waals surface area contributed by atoms with Crippen LogP contribution in [0.15, 0.2) is 58.3 Å². The Balaban J connectivity index is 2.74. The molecule has 0 aliphatic heterocycles. The van der Waals surface area contributed by atoms with Crippen molar-refractivity contribution < 1.29 is 5.58 Å². The summed E-state index contributed by atoms with van der Waals surface area (Å²) >= 11 is 0. The van der Waals surface area contributed by atoms with E-state index in [2.05, 4.69) is 0 Å². The molecular weight excluding hydrogens is 248 g/mol. The SMILES string of the molecule is [3H]c1ccn(-c2ccccc2S(=N)(=O)CC)c(=O)c1. The molecule has 0 amide bonds. The smallest absolute Gasteiger partial charge is 0.255 e. The Morgan fingerprint density at radius 2 is 2.06 bits per heavy atom. The highest BCUT2D eigenvalue weighted by atomic mass is 32.2. The first-order valence-corrected chi connectivity index (χ1v) is 7.23. The average molecular weight is 264 g/mol. The molecular formula is C13H14N2O2S. The van der Waals surface area contributed by atoms with Crippen molar-refractivity contribution in [1.29, 1.82) is 4.78 Å². The molecule has 1 heterocycles. The Labute approximate surface area is 107 Å². The molecule has 2 aromatic rings. The van der Waals surface area contributed by atoms with Gasteiger partial charge in [-0.25, -0.2) is 8.99 Å². The zero-order valence-electron chi connectivity index (χ0n) is 10.9. The van der Waals surface area contributed by atoms with Crippen molar-refractivity contribution in [3.8, 4) is 5.69 Å². The fourth-order valence-electron chi connectivity index (χ4n) is 1.67. The third-order valence-electron chi connectivity index (χ3n) is 2.65. The molecule has 0 radical (unpaired) electrons. The Morgan fingerprint density at radius 3 is 2.72 bits per heavy atom. The Kier molecular flexibility index (Phi) is 2.98. The third-order valence-corrected chi connectivity index (χ3v) is 4.52. The lowest BCUT2D eigenvalue weighted by atomic mass is 10.3. The van der Waals surface area contributed by atoms with Gasteiger partial charge in [-0.15, -0.1) is 0 Å². The van der Waals surface area contributed by atoms with E-state index in [0.717, 1.165) is 0 Å². The van der Waals surface area contributed by atoms with E-state index >= 15 is 0 Å². The van der Waals surface area contributed by atoms with Gasteiger partial charge in [0.1, 0.15) is 0 Å². The highest BCUT2D eigenvalue weighted by Gasteiger charge is 2.14. The summed E-state index contributed by atoms with van der Waals surface area (Å²) in [4.78, 5) is 12.2. The van der Waals surface area contributed by atoms with Gasteiger partial charge in [0, 0.05) is 18.0 Å². The molecule has 1 aromatic carbocycles. The lowest BCUT2D eigenvalue weighted by Crippen LogP contribution is -2.18. The van der Waals surface area contributed by atoms with Crippen LogP contribution in [0.25, 0.3) is 5.69 Å². The summed E-state index contributed by atoms with van der Waals surface area (Å²) in [7, 11) is -2.91. The maximum absolute atomic E-state index is 12.2. The molecule has 0 aliphatic rings. The van der Waals surface area contributed by atoms with Crippen LogP contribution in [0.5, 0.6) is 0 Å². The lowest BCUT2D eigenvalue weighted by Gasteiger charge is -2.12. The standard InChI is InChI=1S/C13H14N2O2S/c1-2-18(14,17)12-8-4-3-7-11(12)15-10-6-5-9-13(15)16/h3-10,14H,2H2,1H3/i5T. The molecule has 1 unspecified atom stereocenters. The van der Waals surface area contributed by atoms with Gasteiger partial charge in [0.15, 0.2) is 0 Å². The van der Waals surface area contributed by atoms with Crippen molar-refractivity contribution >= 4 is 9.73 Å². The molecule has 18 heavy (non-hydrogen) atoms. The van der Waals surface area contributed by atoms with Crippen molar-refractivity contribution in [3.63, 3.8) is 0 Å². The third kappa shape index (κ3) is 2.22. The maximum Gasteiger partial charge on any atom is 0.255 e. The minimum Gasteiger partial charge on any atom is -0.283 e. The van der Waals surface area contributed by atoms with Crippen LogP contribution in [0.2, 0.25) is 0 Å². The molecule has 1 N–H and O–H groups in total. The van der Waals surface area contributed by atoms with E-state index in [1.807, 2.05) is 0 Å². The van der Waals surface area contributed by atoms with Gasteiger partial charge in [0.25, 0.3) is 5.56 Å². The number of pyridine rings is 1. The van der Waals surface area contributed by atoms with Crippen molar-refractivity contribution in [2.24, 2.45) is 0 Å².